The summed E-state index contributed by atoms with van der Waals surface area (Å²) in [6, 6.07) is -1.70. The highest BCUT2D eigenvalue weighted by molar-refractivity contribution is 4.92. The molecule has 2 unspecified atom stereocenters. The van der Waals surface area contributed by atoms with Gasteiger partial charge in [-0.15, -0.1) is 0 Å². The number of nitrogens with one attached hydrogen (secondary N) is 1. The van der Waals surface area contributed by atoms with Crippen molar-refractivity contribution in [3.05, 3.63) is 0 Å². The Morgan fingerprint density at radius 3 is 2.00 bits per heavy atom. The van der Waals surface area contributed by atoms with Crippen LogP contribution in [0.15, 0.2) is 0 Å². The quantitative estimate of drug-likeness (QED) is 0.493. The van der Waals surface area contributed by atoms with Crippen molar-refractivity contribution in [2.75, 3.05) is 6.54 Å². The molecule has 1 rings (SSSR count). The molecular weight excluding hydrogens is 135 g/mol. The highest BCUT2D eigenvalue weighted by Crippen LogP contribution is 2.26. The minimum Gasteiger partial charge on any atom is -0.390 e. The van der Waals surface area contributed by atoms with Crippen molar-refractivity contribution in [1.82, 2.24) is 5.32 Å². The first-order valence-electron chi connectivity index (χ1n) is 2.50. The molecule has 54 valence electrons. The van der Waals surface area contributed by atoms with Crippen molar-refractivity contribution >= 4 is 0 Å². The smallest absolute Gasteiger partial charge is 0.390 e. The summed E-state index contributed by atoms with van der Waals surface area (Å²) in [4.78, 5) is 0. The second kappa shape index (κ2) is 1.85. The van der Waals surface area contributed by atoms with Gasteiger partial charge in [-0.05, 0) is 0 Å². The van der Waals surface area contributed by atoms with Crippen LogP contribution in [0, 0.1) is 0 Å². The zero-order chi connectivity index (χ0) is 7.07. The lowest BCUT2D eigenvalue weighted by Crippen LogP contribution is -2.64. The first kappa shape index (κ1) is 6.82. The lowest BCUT2D eigenvalue weighted by Gasteiger charge is -2.35. The average Bonchev–Trinajstić information content (AvgIpc) is 1.57. The lowest BCUT2D eigenvalue weighted by molar-refractivity contribution is -0.198. The van der Waals surface area contributed by atoms with Gasteiger partial charge in [0.05, 0.1) is 6.10 Å². The Morgan fingerprint density at radius 1 is 1.44 bits per heavy atom. The second-order valence-electron chi connectivity index (χ2n) is 1.99. The van der Waals surface area contributed by atoms with E-state index in [2.05, 4.69) is 5.32 Å². The lowest BCUT2D eigenvalue weighted by atomic mass is 10.0. The van der Waals surface area contributed by atoms with Crippen LogP contribution in [0.1, 0.15) is 0 Å². The van der Waals surface area contributed by atoms with Crippen molar-refractivity contribution in [2.45, 2.75) is 18.3 Å². The zero-order valence-corrected chi connectivity index (χ0v) is 4.44. The van der Waals surface area contributed by atoms with Crippen molar-refractivity contribution in [3.8, 4) is 0 Å². The van der Waals surface area contributed by atoms with E-state index in [9.17, 15) is 13.2 Å². The topological polar surface area (TPSA) is 32.3 Å². The van der Waals surface area contributed by atoms with E-state index in [1.54, 1.807) is 0 Å². The molecule has 1 aliphatic rings. The number of hydrogen-bond donors (Lipinski definition) is 2. The Labute approximate surface area is 49.7 Å². The van der Waals surface area contributed by atoms with Gasteiger partial charge >= 0.3 is 6.18 Å². The van der Waals surface area contributed by atoms with Gasteiger partial charge in [0.2, 0.25) is 0 Å². The molecule has 5 heteroatoms. The highest BCUT2D eigenvalue weighted by atomic mass is 19.4. The number of aliphatic hydroxyl groups is 1. The summed E-state index contributed by atoms with van der Waals surface area (Å²) in [5.41, 5.74) is 0. The predicted molar refractivity (Wildman–Crippen MR) is 23.9 cm³/mol. The third-order valence-electron chi connectivity index (χ3n) is 1.28. The summed E-state index contributed by atoms with van der Waals surface area (Å²) in [7, 11) is 0. The summed E-state index contributed by atoms with van der Waals surface area (Å²) in [5.74, 6) is 0. The maximum atomic E-state index is 11.5. The normalized spacial score (nSPS) is 36.0. The van der Waals surface area contributed by atoms with Crippen LogP contribution in [0.4, 0.5) is 13.2 Å². The Balaban J connectivity index is 2.44. The average molecular weight is 141 g/mol. The summed E-state index contributed by atoms with van der Waals surface area (Å²) < 4.78 is 34.6. The van der Waals surface area contributed by atoms with Crippen molar-refractivity contribution < 1.29 is 18.3 Å². The molecule has 0 aliphatic carbocycles. The number of hydrogen-bond acceptors (Lipinski definition) is 2. The van der Waals surface area contributed by atoms with Gasteiger partial charge in [0.25, 0.3) is 0 Å². The van der Waals surface area contributed by atoms with Gasteiger partial charge in [0.1, 0.15) is 6.04 Å². The van der Waals surface area contributed by atoms with E-state index in [4.69, 9.17) is 5.11 Å². The van der Waals surface area contributed by atoms with Crippen molar-refractivity contribution in [1.29, 1.82) is 0 Å². The molecule has 0 aromatic heterocycles. The maximum absolute atomic E-state index is 11.5. The number of halogens is 3. The Hall–Kier alpha value is -0.290. The molecule has 9 heavy (non-hydrogen) atoms. The molecule has 0 bridgehead atoms. The van der Waals surface area contributed by atoms with Gasteiger partial charge in [-0.2, -0.15) is 13.2 Å². The van der Waals surface area contributed by atoms with Crippen LogP contribution in [-0.4, -0.2) is 30.0 Å². The van der Waals surface area contributed by atoms with Crippen LogP contribution < -0.4 is 5.32 Å². The molecule has 1 heterocycles. The van der Waals surface area contributed by atoms with Gasteiger partial charge in [0, 0.05) is 6.54 Å². The van der Waals surface area contributed by atoms with Crippen LogP contribution in [0.5, 0.6) is 0 Å². The fraction of sp³-hybridized carbons (Fsp3) is 1.00. The fourth-order valence-corrected chi connectivity index (χ4v) is 0.675. The fourth-order valence-electron chi connectivity index (χ4n) is 0.675. The molecular formula is C4H6F3NO. The van der Waals surface area contributed by atoms with Gasteiger partial charge in [0.15, 0.2) is 0 Å². The van der Waals surface area contributed by atoms with Crippen LogP contribution in [0.2, 0.25) is 0 Å². The van der Waals surface area contributed by atoms with E-state index in [-0.39, 0.29) is 6.54 Å². The van der Waals surface area contributed by atoms with E-state index < -0.39 is 18.3 Å². The van der Waals surface area contributed by atoms with E-state index in [1.165, 1.54) is 0 Å². The highest BCUT2D eigenvalue weighted by Gasteiger charge is 2.49. The zero-order valence-electron chi connectivity index (χ0n) is 4.44. The third kappa shape index (κ3) is 1.16. The van der Waals surface area contributed by atoms with Crippen LogP contribution >= 0.6 is 0 Å². The Morgan fingerprint density at radius 2 is 2.00 bits per heavy atom. The number of β-amino-alcohol motifs (C(OH)–C–C–N with tert-alkyl or cyclic N) is 1. The summed E-state index contributed by atoms with van der Waals surface area (Å²) in [6.45, 7) is 0.0458. The SMILES string of the molecule is OC1CNC1C(F)(F)F. The molecule has 1 fully saturated rings. The van der Waals surface area contributed by atoms with E-state index in [1.807, 2.05) is 0 Å². The molecule has 0 spiro atoms. The van der Waals surface area contributed by atoms with E-state index in [0.717, 1.165) is 0 Å². The van der Waals surface area contributed by atoms with E-state index >= 15 is 0 Å². The third-order valence-corrected chi connectivity index (χ3v) is 1.28. The second-order valence-corrected chi connectivity index (χ2v) is 1.99. The Bertz CT molecular complexity index is 113. The maximum Gasteiger partial charge on any atom is 0.406 e. The Kier molecular flexibility index (Phi) is 1.40. The monoisotopic (exact) mass is 141 g/mol. The molecule has 2 N–H and O–H groups in total. The molecule has 1 saturated heterocycles. The van der Waals surface area contributed by atoms with Gasteiger partial charge in [-0.25, -0.2) is 0 Å². The molecule has 0 amide bonds. The summed E-state index contributed by atoms with van der Waals surface area (Å²) in [6.07, 6.45) is -5.54. The van der Waals surface area contributed by atoms with Gasteiger partial charge in [-0.1, -0.05) is 0 Å². The first-order valence-corrected chi connectivity index (χ1v) is 2.50. The molecule has 0 aromatic rings. The van der Waals surface area contributed by atoms with E-state index in [0.29, 0.717) is 0 Å². The van der Waals surface area contributed by atoms with Crippen LogP contribution in [0.3, 0.4) is 0 Å². The number of rotatable bonds is 0. The molecule has 0 aromatic carbocycles. The summed E-state index contributed by atoms with van der Waals surface area (Å²) >= 11 is 0. The minimum absolute atomic E-state index is 0.0458. The first-order chi connectivity index (χ1) is 4.02. The van der Waals surface area contributed by atoms with Crippen molar-refractivity contribution in [3.63, 3.8) is 0 Å². The minimum atomic E-state index is -4.29. The molecule has 2 atom stereocenters. The predicted octanol–water partition coefficient (Wildman–Crippen LogP) is -0.119. The standard InChI is InChI=1S/C4H6F3NO/c5-4(6,7)3-2(9)1-8-3/h2-3,8-9H,1H2. The van der Waals surface area contributed by atoms with Crippen molar-refractivity contribution in [2.24, 2.45) is 0 Å². The van der Waals surface area contributed by atoms with Gasteiger partial charge < -0.3 is 10.4 Å². The van der Waals surface area contributed by atoms with Crippen LogP contribution in [0.25, 0.3) is 0 Å². The van der Waals surface area contributed by atoms with Crippen LogP contribution in [-0.2, 0) is 0 Å². The van der Waals surface area contributed by atoms with Gasteiger partial charge in [-0.3, -0.25) is 0 Å². The molecule has 2 nitrogen and oxygen atoms in total. The molecule has 1 aliphatic heterocycles. The summed E-state index contributed by atoms with van der Waals surface area (Å²) in [5, 5.41) is 10.5. The largest absolute Gasteiger partial charge is 0.406 e. The number of alkyl halides is 3. The number of aliphatic hydroxyl groups excluding tert-OH is 1. The molecule has 0 radical (unpaired) electrons. The molecule has 0 saturated carbocycles.